The maximum Gasteiger partial charge on any atom is 0.369 e. The Kier molecular flexibility index (Phi) is 5.21. The molecule has 0 aliphatic heterocycles. The number of ether oxygens (including phenoxy) is 1. The van der Waals surface area contributed by atoms with Crippen molar-refractivity contribution in [2.45, 2.75) is 6.43 Å². The van der Waals surface area contributed by atoms with E-state index in [1.165, 1.54) is 18.2 Å². The fourth-order valence-electron chi connectivity index (χ4n) is 1.11. The number of rotatable bonds is 4. The van der Waals surface area contributed by atoms with Gasteiger partial charge >= 0.3 is 5.97 Å². The summed E-state index contributed by atoms with van der Waals surface area (Å²) in [5, 5.41) is 12.0. The van der Waals surface area contributed by atoms with Gasteiger partial charge in [-0.15, -0.1) is 0 Å². The van der Waals surface area contributed by atoms with Gasteiger partial charge in [0.15, 0.2) is 0 Å². The van der Waals surface area contributed by atoms with Crippen molar-refractivity contribution in [3.8, 4) is 6.07 Å². The van der Waals surface area contributed by atoms with Crippen molar-refractivity contribution in [1.29, 1.82) is 5.26 Å². The molecule has 1 aromatic carbocycles. The second-order valence-corrected chi connectivity index (χ2v) is 3.62. The molecule has 19 heavy (non-hydrogen) atoms. The van der Waals surface area contributed by atoms with Crippen LogP contribution in [0.4, 0.5) is 14.5 Å². The zero-order chi connectivity index (χ0) is 14.4. The van der Waals surface area contributed by atoms with E-state index >= 15 is 0 Å². The molecule has 0 aromatic heterocycles. The topological polar surface area (TPSA) is 74.5 Å². The van der Waals surface area contributed by atoms with Gasteiger partial charge in [0.05, 0.1) is 12.8 Å². The van der Waals surface area contributed by atoms with Crippen LogP contribution in [0.15, 0.2) is 23.3 Å². The van der Waals surface area contributed by atoms with Crippen LogP contribution in [-0.2, 0) is 9.53 Å². The van der Waals surface area contributed by atoms with E-state index in [-0.39, 0.29) is 16.3 Å². The molecule has 0 aliphatic rings. The SMILES string of the molecule is COC(=O)/C(C#N)=N/Nc1ccc(Cl)c(C(F)F)c1. The van der Waals surface area contributed by atoms with Gasteiger partial charge in [0, 0.05) is 10.6 Å². The number of methoxy groups -OCH3 is 1. The standard InChI is InChI=1S/C11H8ClF2N3O2/c1-19-11(18)9(5-15)17-16-6-2-3-8(12)7(4-6)10(13)14/h2-4,10,16H,1H3/b17-9+. The number of nitrogens with zero attached hydrogens (tertiary/aromatic N) is 2. The van der Waals surface area contributed by atoms with Gasteiger partial charge in [0.25, 0.3) is 6.43 Å². The van der Waals surface area contributed by atoms with E-state index in [0.29, 0.717) is 0 Å². The Labute approximate surface area is 112 Å². The summed E-state index contributed by atoms with van der Waals surface area (Å²) in [5.74, 6) is -0.932. The van der Waals surface area contributed by atoms with Gasteiger partial charge in [-0.1, -0.05) is 11.6 Å². The van der Waals surface area contributed by atoms with Crippen LogP contribution >= 0.6 is 11.6 Å². The van der Waals surface area contributed by atoms with Crippen molar-refractivity contribution >= 4 is 29.0 Å². The van der Waals surface area contributed by atoms with Gasteiger partial charge in [0.2, 0.25) is 5.71 Å². The number of nitrogens with one attached hydrogen (secondary N) is 1. The average molecular weight is 288 g/mol. The van der Waals surface area contributed by atoms with Crippen molar-refractivity contribution in [2.24, 2.45) is 5.10 Å². The molecule has 0 fully saturated rings. The monoisotopic (exact) mass is 287 g/mol. The van der Waals surface area contributed by atoms with Crippen molar-refractivity contribution in [3.05, 3.63) is 28.8 Å². The Morgan fingerprint density at radius 2 is 2.26 bits per heavy atom. The Morgan fingerprint density at radius 1 is 1.58 bits per heavy atom. The molecule has 0 saturated carbocycles. The molecule has 100 valence electrons. The van der Waals surface area contributed by atoms with Gasteiger partial charge in [-0.05, 0) is 18.2 Å². The summed E-state index contributed by atoms with van der Waals surface area (Å²) in [5.41, 5.74) is 1.56. The third-order valence-electron chi connectivity index (χ3n) is 2.01. The number of carbonyl (C=O) groups excluding carboxylic acids is 1. The minimum absolute atomic E-state index is 0.0852. The number of hydrogen-bond donors (Lipinski definition) is 1. The van der Waals surface area contributed by atoms with Crippen LogP contribution in [0.2, 0.25) is 5.02 Å². The Hall–Kier alpha value is -2.20. The summed E-state index contributed by atoms with van der Waals surface area (Å²) in [7, 11) is 1.09. The lowest BCUT2D eigenvalue weighted by Gasteiger charge is -2.06. The quantitative estimate of drug-likeness (QED) is 0.525. The molecule has 5 nitrogen and oxygen atoms in total. The Morgan fingerprint density at radius 3 is 2.79 bits per heavy atom. The number of anilines is 1. The van der Waals surface area contributed by atoms with Crippen LogP contribution < -0.4 is 5.43 Å². The fourth-order valence-corrected chi connectivity index (χ4v) is 1.31. The van der Waals surface area contributed by atoms with Gasteiger partial charge in [-0.3, -0.25) is 5.43 Å². The third kappa shape index (κ3) is 3.89. The van der Waals surface area contributed by atoms with Crippen LogP contribution in [0.5, 0.6) is 0 Å². The molecule has 0 aliphatic carbocycles. The van der Waals surface area contributed by atoms with Gasteiger partial charge in [-0.2, -0.15) is 10.4 Å². The highest BCUT2D eigenvalue weighted by Crippen LogP contribution is 2.29. The number of hydrazone groups is 1. The van der Waals surface area contributed by atoms with Crippen molar-refractivity contribution in [2.75, 3.05) is 12.5 Å². The van der Waals surface area contributed by atoms with Crippen LogP contribution in [0.25, 0.3) is 0 Å². The summed E-state index contributed by atoms with van der Waals surface area (Å²) in [6.07, 6.45) is -2.74. The smallest absolute Gasteiger partial charge is 0.369 e. The molecular formula is C11H8ClF2N3O2. The van der Waals surface area contributed by atoms with Crippen LogP contribution in [0.3, 0.4) is 0 Å². The molecule has 1 rings (SSSR count). The zero-order valence-corrected chi connectivity index (χ0v) is 10.4. The van der Waals surface area contributed by atoms with Crippen molar-refractivity contribution < 1.29 is 18.3 Å². The molecule has 1 aromatic rings. The van der Waals surface area contributed by atoms with Gasteiger partial charge < -0.3 is 4.74 Å². The molecule has 0 unspecified atom stereocenters. The highest BCUT2D eigenvalue weighted by molar-refractivity contribution is 6.43. The Bertz CT molecular complexity index is 555. The summed E-state index contributed by atoms with van der Waals surface area (Å²) in [6, 6.07) is 5.22. The van der Waals surface area contributed by atoms with E-state index in [1.54, 1.807) is 0 Å². The molecule has 0 saturated heterocycles. The number of benzene rings is 1. The highest BCUT2D eigenvalue weighted by atomic mass is 35.5. The number of halogens is 3. The van der Waals surface area contributed by atoms with E-state index in [1.807, 2.05) is 0 Å². The Balaban J connectivity index is 2.95. The van der Waals surface area contributed by atoms with Crippen molar-refractivity contribution in [3.63, 3.8) is 0 Å². The molecule has 0 spiro atoms. The van der Waals surface area contributed by atoms with E-state index in [9.17, 15) is 13.6 Å². The summed E-state index contributed by atoms with van der Waals surface area (Å²) < 4.78 is 29.5. The van der Waals surface area contributed by atoms with Crippen LogP contribution in [-0.4, -0.2) is 18.8 Å². The predicted molar refractivity (Wildman–Crippen MR) is 65.1 cm³/mol. The minimum Gasteiger partial charge on any atom is -0.464 e. The molecular weight excluding hydrogens is 280 g/mol. The lowest BCUT2D eigenvalue weighted by atomic mass is 10.2. The average Bonchev–Trinajstić information content (AvgIpc) is 2.40. The lowest BCUT2D eigenvalue weighted by Crippen LogP contribution is -2.15. The largest absolute Gasteiger partial charge is 0.464 e. The summed E-state index contributed by atoms with van der Waals surface area (Å²) in [6.45, 7) is 0. The van der Waals surface area contributed by atoms with E-state index in [4.69, 9.17) is 16.9 Å². The molecule has 0 atom stereocenters. The minimum atomic E-state index is -2.74. The summed E-state index contributed by atoms with van der Waals surface area (Å²) >= 11 is 5.58. The molecule has 0 radical (unpaired) electrons. The molecule has 0 amide bonds. The number of alkyl halides is 2. The van der Waals surface area contributed by atoms with E-state index in [2.05, 4.69) is 15.3 Å². The van der Waals surface area contributed by atoms with E-state index in [0.717, 1.165) is 13.2 Å². The van der Waals surface area contributed by atoms with Crippen molar-refractivity contribution in [1.82, 2.24) is 0 Å². The first kappa shape index (κ1) is 14.9. The van der Waals surface area contributed by atoms with E-state index < -0.39 is 18.1 Å². The van der Waals surface area contributed by atoms with Gasteiger partial charge in [0.1, 0.15) is 6.07 Å². The highest BCUT2D eigenvalue weighted by Gasteiger charge is 2.13. The molecule has 8 heteroatoms. The first-order valence-corrected chi connectivity index (χ1v) is 5.27. The van der Waals surface area contributed by atoms with Crippen LogP contribution in [0, 0.1) is 11.3 Å². The molecule has 0 bridgehead atoms. The van der Waals surface area contributed by atoms with Gasteiger partial charge in [-0.25, -0.2) is 13.6 Å². The first-order valence-electron chi connectivity index (χ1n) is 4.89. The molecule has 1 N–H and O–H groups in total. The normalized spacial score (nSPS) is 11.1. The summed E-state index contributed by atoms with van der Waals surface area (Å²) in [4.78, 5) is 11.0. The second-order valence-electron chi connectivity index (χ2n) is 3.21. The lowest BCUT2D eigenvalue weighted by molar-refractivity contribution is -0.132. The maximum absolute atomic E-state index is 12.6. The number of nitriles is 1. The maximum atomic E-state index is 12.6. The zero-order valence-electron chi connectivity index (χ0n) is 9.65. The van der Waals surface area contributed by atoms with Crippen LogP contribution in [0.1, 0.15) is 12.0 Å². The number of hydrogen-bond acceptors (Lipinski definition) is 5. The fraction of sp³-hybridized carbons (Fsp3) is 0.182. The third-order valence-corrected chi connectivity index (χ3v) is 2.36. The number of esters is 1. The second kappa shape index (κ2) is 6.66. The number of carbonyl (C=O) groups is 1. The molecule has 0 heterocycles. The first-order chi connectivity index (χ1) is 8.99. The predicted octanol–water partition coefficient (Wildman–Crippen LogP) is 2.74.